The topological polar surface area (TPSA) is 167 Å². The van der Waals surface area contributed by atoms with Crippen molar-refractivity contribution in [2.45, 2.75) is 115 Å². The van der Waals surface area contributed by atoms with Crippen molar-refractivity contribution in [1.82, 2.24) is 29.2 Å². The molecule has 2 N–H and O–H groups in total. The quantitative estimate of drug-likeness (QED) is 0.0604. The van der Waals surface area contributed by atoms with Gasteiger partial charge >= 0.3 is 12.1 Å². The molecule has 0 bridgehead atoms. The number of benzene rings is 4. The van der Waals surface area contributed by atoms with Gasteiger partial charge in [-0.15, -0.1) is 0 Å². The summed E-state index contributed by atoms with van der Waals surface area (Å²) in [5.74, 6) is -3.17. The number of rotatable bonds is 14. The summed E-state index contributed by atoms with van der Waals surface area (Å²) in [6.45, 7) is 5.26. The highest BCUT2D eigenvalue weighted by molar-refractivity contribution is 7.90. The zero-order chi connectivity index (χ0) is 52.5. The summed E-state index contributed by atoms with van der Waals surface area (Å²) in [6, 6.07) is 26.6. The third-order valence-electron chi connectivity index (χ3n) is 13.3. The summed E-state index contributed by atoms with van der Waals surface area (Å²) in [5, 5.41) is 5.93. The highest BCUT2D eigenvalue weighted by Crippen LogP contribution is 2.37. The molecule has 4 atom stereocenters. The minimum atomic E-state index is -4.31. The molecule has 7 aromatic rings. The zero-order valence-corrected chi connectivity index (χ0v) is 42.7. The number of halogens is 5. The first kappa shape index (κ1) is 53.4. The third kappa shape index (κ3) is 13.4. The molecule has 0 spiro atoms. The fourth-order valence-corrected chi connectivity index (χ4v) is 11.2. The molecule has 13 nitrogen and oxygen atoms in total. The van der Waals surface area contributed by atoms with Crippen molar-refractivity contribution < 1.29 is 45.0 Å². The maximum atomic E-state index is 15.5. The van der Waals surface area contributed by atoms with Gasteiger partial charge in [0.2, 0.25) is 5.28 Å². The number of nitrogens with one attached hydrogen (secondary N) is 2. The number of alkyl carbamates (subject to hydrolysis) is 1. The maximum Gasteiger partial charge on any atom is 0.407 e. The molecule has 2 saturated carbocycles. The summed E-state index contributed by atoms with van der Waals surface area (Å²) < 4.78 is 98.3. The minimum absolute atomic E-state index is 0.00590. The average Bonchev–Trinajstić information content (AvgIpc) is 3.77. The molecule has 0 saturated heterocycles. The zero-order valence-electron chi connectivity index (χ0n) is 41.1. The van der Waals surface area contributed by atoms with Gasteiger partial charge in [0, 0.05) is 41.7 Å². The molecule has 3 heterocycles. The monoisotopic (exact) mass is 1050 g/mol. The number of fused-ring (bicyclic) bond motifs is 1. The Morgan fingerprint density at radius 3 is 2.07 bits per heavy atom. The van der Waals surface area contributed by atoms with Crippen LogP contribution < -0.4 is 10.6 Å². The van der Waals surface area contributed by atoms with E-state index in [1.807, 2.05) is 67.6 Å². The van der Waals surface area contributed by atoms with Gasteiger partial charge in [0.25, 0.3) is 10.0 Å². The van der Waals surface area contributed by atoms with Gasteiger partial charge < -0.3 is 20.1 Å². The Hall–Kier alpha value is -6.92. The second kappa shape index (κ2) is 24.0. The predicted molar refractivity (Wildman–Crippen MR) is 273 cm³/mol. The van der Waals surface area contributed by atoms with Gasteiger partial charge in [0.05, 0.1) is 22.0 Å². The lowest BCUT2D eigenvalue weighted by molar-refractivity contribution is -0.146. The molecule has 2 aliphatic carbocycles. The van der Waals surface area contributed by atoms with Crippen LogP contribution in [0.4, 0.5) is 28.2 Å². The van der Waals surface area contributed by atoms with Crippen LogP contribution in [0.1, 0.15) is 91.6 Å². The van der Waals surface area contributed by atoms with Crippen LogP contribution in [-0.2, 0) is 43.9 Å². The van der Waals surface area contributed by atoms with E-state index in [2.05, 4.69) is 30.6 Å². The van der Waals surface area contributed by atoms with E-state index in [-0.39, 0.29) is 111 Å². The van der Waals surface area contributed by atoms with Crippen LogP contribution in [0.25, 0.3) is 22.3 Å². The molecule has 2 fully saturated rings. The van der Waals surface area contributed by atoms with Crippen LogP contribution in [0.5, 0.6) is 0 Å². The van der Waals surface area contributed by atoms with E-state index >= 15 is 8.78 Å². The fourth-order valence-electron chi connectivity index (χ4n) is 9.59. The molecular formula is C55H56ClF4N7O6S. The Bertz CT molecular complexity index is 3230. The molecule has 4 aromatic carbocycles. The second-order valence-electron chi connectivity index (χ2n) is 18.9. The Morgan fingerprint density at radius 1 is 0.730 bits per heavy atom. The smallest absolute Gasteiger partial charge is 0.407 e. The van der Waals surface area contributed by atoms with Crippen LogP contribution in [0.2, 0.25) is 5.28 Å². The normalized spacial score (nSPS) is 17.7. The highest BCUT2D eigenvalue weighted by Gasteiger charge is 2.30. The first-order valence-corrected chi connectivity index (χ1v) is 26.3. The molecule has 0 radical (unpaired) electrons. The van der Waals surface area contributed by atoms with Gasteiger partial charge in [-0.3, -0.25) is 4.79 Å². The van der Waals surface area contributed by atoms with Gasteiger partial charge in [0.1, 0.15) is 24.5 Å². The molecule has 0 unspecified atom stereocenters. The second-order valence-corrected chi connectivity index (χ2v) is 21.1. The summed E-state index contributed by atoms with van der Waals surface area (Å²) in [6.07, 6.45) is 7.74. The van der Waals surface area contributed by atoms with Crippen LogP contribution in [-0.4, -0.2) is 56.5 Å². The van der Waals surface area contributed by atoms with Crippen molar-refractivity contribution in [1.29, 1.82) is 0 Å². The van der Waals surface area contributed by atoms with Crippen molar-refractivity contribution in [2.75, 3.05) is 5.32 Å². The van der Waals surface area contributed by atoms with Crippen molar-refractivity contribution >= 4 is 50.4 Å². The maximum absolute atomic E-state index is 15.5. The molecule has 9 rings (SSSR count). The Kier molecular flexibility index (Phi) is 17.3. The highest BCUT2D eigenvalue weighted by atomic mass is 35.5. The van der Waals surface area contributed by atoms with Gasteiger partial charge in [-0.25, -0.2) is 49.7 Å². The lowest BCUT2D eigenvalue weighted by atomic mass is 9.78. The Balaban J connectivity index is 0.000000229. The molecule has 2 aliphatic rings. The molecular weight excluding hydrogens is 998 g/mol. The predicted octanol–water partition coefficient (Wildman–Crippen LogP) is 12.1. The lowest BCUT2D eigenvalue weighted by Crippen LogP contribution is -2.42. The number of aromatic nitrogens is 5. The SMILES string of the molecule is Cc1ccc(S(=O)(=O)n2cc(-c3nc(C)c(F)c(C[C@@H]4CCC[C@H](CC(=O)OCc5ccccc5)C4)n3)c3cc(F)cc(F)c32)cc1.Cc1nc(Cl)nc(N[C@@H]2CCC[C@H](NC(=O)OCc3ccccc3)C2)c1F. The number of carbonyl (C=O) groups is 2. The fraction of sp³-hybridized carbons (Fsp3) is 0.345. The van der Waals surface area contributed by atoms with Crippen LogP contribution in [0.15, 0.2) is 108 Å². The van der Waals surface area contributed by atoms with Crippen LogP contribution in [0.3, 0.4) is 0 Å². The summed E-state index contributed by atoms with van der Waals surface area (Å²) >= 11 is 5.82. The van der Waals surface area contributed by atoms with E-state index in [9.17, 15) is 26.8 Å². The van der Waals surface area contributed by atoms with E-state index in [0.717, 1.165) is 71.5 Å². The molecule has 19 heteroatoms. The summed E-state index contributed by atoms with van der Waals surface area (Å²) in [4.78, 5) is 41.1. The number of nitrogens with zero attached hydrogens (tertiary/aromatic N) is 5. The minimum Gasteiger partial charge on any atom is -0.461 e. The first-order valence-electron chi connectivity index (χ1n) is 24.5. The first-order chi connectivity index (χ1) is 35.5. The number of carbonyl (C=O) groups excluding carboxylic acids is 2. The molecule has 74 heavy (non-hydrogen) atoms. The number of ether oxygens (including phenoxy) is 2. The summed E-state index contributed by atoms with van der Waals surface area (Å²) in [7, 11) is -4.31. The van der Waals surface area contributed by atoms with E-state index in [1.165, 1.54) is 19.1 Å². The largest absolute Gasteiger partial charge is 0.461 e. The number of amides is 1. The number of anilines is 1. The van der Waals surface area contributed by atoms with E-state index < -0.39 is 39.4 Å². The van der Waals surface area contributed by atoms with Gasteiger partial charge in [-0.1, -0.05) is 91.2 Å². The molecule has 0 aliphatic heterocycles. The van der Waals surface area contributed by atoms with Crippen molar-refractivity contribution in [3.05, 3.63) is 166 Å². The molecule has 3 aromatic heterocycles. The van der Waals surface area contributed by atoms with Crippen molar-refractivity contribution in [3.63, 3.8) is 0 Å². The van der Waals surface area contributed by atoms with Gasteiger partial charge in [-0.05, 0) is 118 Å². The van der Waals surface area contributed by atoms with Crippen molar-refractivity contribution in [3.8, 4) is 11.4 Å². The van der Waals surface area contributed by atoms with Crippen molar-refractivity contribution in [2.24, 2.45) is 11.8 Å². The third-order valence-corrected chi connectivity index (χ3v) is 15.1. The number of esters is 1. The standard InChI is InChI=1S/C36H34F3N3O4S.C19H22ClFN4O2/c1-22-11-13-28(14-12-22)47(44,45)42-20-30(29-18-27(37)19-31(38)35(29)42)36-40-23(2)34(39)32(41-36)16-25-9-6-10-26(15-25)17-33(43)46-21-24-7-4-3-5-8-24;1-12-16(21)17(25-18(20)22-12)23-14-8-5-9-15(10-14)24-19(26)27-11-13-6-3-2-4-7-13/h3-5,7-8,11-14,18-20,25-26H,6,9-10,15-17,21H2,1-2H3;2-4,6-7,14-15H,5,8-11H2,1H3,(H,24,26)(H,22,23,25)/t25-,26+;14-,15+/m11/s1. The molecule has 1 amide bonds. The number of hydrogen-bond acceptors (Lipinski definition) is 11. The lowest BCUT2D eigenvalue weighted by Gasteiger charge is -2.30. The Labute approximate surface area is 432 Å². The number of aryl methyl sites for hydroxylation is 3. The van der Waals surface area contributed by atoms with E-state index in [4.69, 9.17) is 21.1 Å². The number of hydrogen-bond donors (Lipinski definition) is 2. The van der Waals surface area contributed by atoms with Crippen LogP contribution in [0, 0.1) is 55.9 Å². The van der Waals surface area contributed by atoms with E-state index in [0.29, 0.717) is 18.9 Å². The summed E-state index contributed by atoms with van der Waals surface area (Å²) in [5.41, 5.74) is 2.74. The van der Waals surface area contributed by atoms with Crippen LogP contribution >= 0.6 is 11.6 Å². The molecule has 388 valence electrons. The Morgan fingerprint density at radius 2 is 1.36 bits per heavy atom. The average molecular weight is 1050 g/mol. The van der Waals surface area contributed by atoms with Gasteiger partial charge in [0.15, 0.2) is 29.1 Å². The van der Waals surface area contributed by atoms with E-state index in [1.54, 1.807) is 19.1 Å². The van der Waals surface area contributed by atoms with Gasteiger partial charge in [-0.2, -0.15) is 4.98 Å².